The summed E-state index contributed by atoms with van der Waals surface area (Å²) in [6, 6.07) is 8.85. The molecule has 0 bridgehead atoms. The number of phosphoric ester groups is 1. The Bertz CT molecular complexity index is 1560. The van der Waals surface area contributed by atoms with E-state index in [1.54, 1.807) is 12.1 Å². The summed E-state index contributed by atoms with van der Waals surface area (Å²) in [5.74, 6) is -1.52. The Labute approximate surface area is 263 Å². The number of phosphoric acid groups is 1. The zero-order chi connectivity index (χ0) is 33.0. The van der Waals surface area contributed by atoms with Gasteiger partial charge >= 0.3 is 13.9 Å². The molecule has 3 atom stereocenters. The molecule has 13 nitrogen and oxygen atoms in total. The van der Waals surface area contributed by atoms with E-state index in [1.165, 1.54) is 50.6 Å². The maximum Gasteiger partial charge on any atom is 0.474 e. The summed E-state index contributed by atoms with van der Waals surface area (Å²) >= 11 is 6.05. The summed E-state index contributed by atoms with van der Waals surface area (Å²) in [6.07, 6.45) is 0.443. The second kappa shape index (κ2) is 17.6. The normalized spacial score (nSPS) is 14.0. The van der Waals surface area contributed by atoms with Gasteiger partial charge in [-0.25, -0.2) is 28.6 Å². The van der Waals surface area contributed by atoms with Crippen molar-refractivity contribution in [2.45, 2.75) is 25.9 Å². The summed E-state index contributed by atoms with van der Waals surface area (Å²) in [5.41, 5.74) is 3.21. The molecule has 0 saturated carbocycles. The number of hydrazine groups is 1. The number of anilines is 1. The van der Waals surface area contributed by atoms with Crippen LogP contribution in [0, 0.1) is 11.6 Å². The van der Waals surface area contributed by atoms with E-state index in [4.69, 9.17) is 34.4 Å². The van der Waals surface area contributed by atoms with E-state index in [9.17, 15) is 27.5 Å². The topological polar surface area (TPSA) is 155 Å². The number of halogens is 3. The molecule has 0 spiro atoms. The van der Waals surface area contributed by atoms with Crippen LogP contribution in [0.25, 0.3) is 10.8 Å². The molecule has 3 rings (SSSR count). The quantitative estimate of drug-likeness (QED) is 0.128. The van der Waals surface area contributed by atoms with E-state index < -0.39 is 52.1 Å². The van der Waals surface area contributed by atoms with Gasteiger partial charge in [0.05, 0.1) is 24.3 Å². The maximum absolute atomic E-state index is 14.0. The fourth-order valence-electron chi connectivity index (χ4n) is 3.92. The van der Waals surface area contributed by atoms with E-state index in [2.05, 4.69) is 15.7 Å². The van der Waals surface area contributed by atoms with Crippen LogP contribution >= 0.6 is 27.5 Å². The van der Waals surface area contributed by atoms with Crippen LogP contribution in [0.1, 0.15) is 18.9 Å². The van der Waals surface area contributed by atoms with Crippen LogP contribution in [-0.4, -0.2) is 68.2 Å². The number of carbonyl (C=O) groups excluding carboxylic acids is 2. The fourth-order valence-corrected chi connectivity index (χ4v) is 5.69. The SMILES string of the molecule is CO[PH](=O)CCOP(=O)(OC)OCC[C@@H](COC(=O)Nc1cc2cc(F)ccc2cn1)N(NCc1cccc(F)c1Cl)C(C)=O. The lowest BCUT2D eigenvalue weighted by atomic mass is 10.2. The number of aromatic nitrogens is 1. The van der Waals surface area contributed by atoms with Crippen molar-refractivity contribution >= 4 is 56.0 Å². The van der Waals surface area contributed by atoms with E-state index in [0.29, 0.717) is 16.3 Å². The first kappa shape index (κ1) is 36.5. The van der Waals surface area contributed by atoms with Crippen molar-refractivity contribution in [1.29, 1.82) is 0 Å². The molecule has 0 aliphatic carbocycles. The Morgan fingerprint density at radius 1 is 1.11 bits per heavy atom. The molecule has 3 aromatic rings. The van der Waals surface area contributed by atoms with Crippen molar-refractivity contribution in [2.75, 3.05) is 45.5 Å². The van der Waals surface area contributed by atoms with Crippen LogP contribution in [0.4, 0.5) is 19.4 Å². The van der Waals surface area contributed by atoms with Crippen molar-refractivity contribution < 1.29 is 50.3 Å². The van der Waals surface area contributed by atoms with Gasteiger partial charge in [-0.3, -0.25) is 33.3 Å². The van der Waals surface area contributed by atoms with Crippen LogP contribution in [-0.2, 0) is 43.3 Å². The predicted octanol–water partition coefficient (Wildman–Crippen LogP) is 5.94. The Hall–Kier alpha value is -3.00. The molecule has 18 heteroatoms. The third-order valence-corrected chi connectivity index (χ3v) is 9.14. The molecule has 2 unspecified atom stereocenters. The largest absolute Gasteiger partial charge is 0.474 e. The molecule has 0 aliphatic rings. The average molecular weight is 693 g/mol. The zero-order valence-corrected chi connectivity index (χ0v) is 27.2. The van der Waals surface area contributed by atoms with Crippen molar-refractivity contribution in [3.63, 3.8) is 0 Å². The second-order valence-corrected chi connectivity index (χ2v) is 13.1. The van der Waals surface area contributed by atoms with E-state index in [-0.39, 0.29) is 43.2 Å². The fraction of sp³-hybridized carbons (Fsp3) is 0.370. The molecule has 0 fully saturated rings. The van der Waals surface area contributed by atoms with Gasteiger partial charge in [-0.2, -0.15) is 0 Å². The third-order valence-electron chi connectivity index (χ3n) is 6.20. The third kappa shape index (κ3) is 11.4. The Kier molecular flexibility index (Phi) is 14.3. The van der Waals surface area contributed by atoms with Gasteiger partial charge in [0.25, 0.3) is 0 Å². The summed E-state index contributed by atoms with van der Waals surface area (Å²) in [4.78, 5) is 29.5. The highest BCUT2D eigenvalue weighted by Gasteiger charge is 2.28. The van der Waals surface area contributed by atoms with Gasteiger partial charge in [-0.05, 0) is 47.7 Å². The number of pyridine rings is 1. The number of benzene rings is 2. The number of ether oxygens (including phenoxy) is 1. The van der Waals surface area contributed by atoms with Crippen LogP contribution < -0.4 is 10.7 Å². The van der Waals surface area contributed by atoms with Gasteiger partial charge in [-0.15, -0.1) is 0 Å². The Morgan fingerprint density at radius 3 is 2.58 bits per heavy atom. The van der Waals surface area contributed by atoms with Gasteiger partial charge < -0.3 is 9.26 Å². The van der Waals surface area contributed by atoms with Crippen molar-refractivity contribution in [3.8, 4) is 0 Å². The van der Waals surface area contributed by atoms with E-state index >= 15 is 0 Å². The van der Waals surface area contributed by atoms with Gasteiger partial charge in [0.15, 0.2) is 8.03 Å². The minimum atomic E-state index is -4.08. The van der Waals surface area contributed by atoms with Gasteiger partial charge in [0.1, 0.15) is 24.1 Å². The molecule has 0 saturated heterocycles. The lowest BCUT2D eigenvalue weighted by molar-refractivity contribution is -0.136. The lowest BCUT2D eigenvalue weighted by Gasteiger charge is -2.31. The monoisotopic (exact) mass is 692 g/mol. The van der Waals surface area contributed by atoms with Crippen LogP contribution in [0.15, 0.2) is 48.7 Å². The average Bonchev–Trinajstić information content (AvgIpc) is 3.01. The number of fused-ring (bicyclic) bond motifs is 1. The molecular formula is C27H33ClF2N4O9P2. The standard InChI is InChI=1S/C27H33ClF2N4O9P2/c1-18(35)34(32-16-20-5-4-6-24(30)26(20)28)23(9-10-42-45(38,40-3)43-11-12-44(37)39-2)17-41-27(36)33-25-14-21-13-22(29)8-7-19(21)15-31-25/h4-8,13-15,23,32,44H,9-12,16-17H2,1-3H3,(H,31,33,36)/t23-,45?/m0/s1. The molecule has 0 aliphatic heterocycles. The van der Waals surface area contributed by atoms with Gasteiger partial charge in [-0.1, -0.05) is 23.7 Å². The molecule has 2 aromatic carbocycles. The molecule has 45 heavy (non-hydrogen) atoms. The molecular weight excluding hydrogens is 660 g/mol. The van der Waals surface area contributed by atoms with Crippen molar-refractivity contribution in [1.82, 2.24) is 15.4 Å². The van der Waals surface area contributed by atoms with Crippen LogP contribution in [0.3, 0.4) is 0 Å². The minimum Gasteiger partial charge on any atom is -0.447 e. The van der Waals surface area contributed by atoms with Crippen molar-refractivity contribution in [3.05, 3.63) is 70.9 Å². The number of hydrogen-bond donors (Lipinski definition) is 2. The van der Waals surface area contributed by atoms with Gasteiger partial charge in [0, 0.05) is 45.4 Å². The number of nitrogens with one attached hydrogen (secondary N) is 2. The molecule has 246 valence electrons. The number of nitrogens with zero attached hydrogens (tertiary/aromatic N) is 2. The first-order valence-corrected chi connectivity index (χ1v) is 16.8. The predicted molar refractivity (Wildman–Crippen MR) is 163 cm³/mol. The van der Waals surface area contributed by atoms with Gasteiger partial charge in [0.2, 0.25) is 5.91 Å². The smallest absolute Gasteiger partial charge is 0.447 e. The Balaban J connectivity index is 1.71. The highest BCUT2D eigenvalue weighted by atomic mass is 35.5. The molecule has 2 amide bonds. The summed E-state index contributed by atoms with van der Waals surface area (Å²) in [7, 11) is -4.07. The molecule has 1 heterocycles. The summed E-state index contributed by atoms with van der Waals surface area (Å²) < 4.78 is 77.4. The first-order valence-electron chi connectivity index (χ1n) is 13.4. The molecule has 0 radical (unpaired) electrons. The lowest BCUT2D eigenvalue weighted by Crippen LogP contribution is -2.51. The van der Waals surface area contributed by atoms with E-state index in [0.717, 1.165) is 12.1 Å². The number of hydrogen-bond acceptors (Lipinski definition) is 11. The number of amides is 2. The van der Waals surface area contributed by atoms with Crippen LogP contribution in [0.2, 0.25) is 5.02 Å². The highest BCUT2D eigenvalue weighted by molar-refractivity contribution is 7.48. The summed E-state index contributed by atoms with van der Waals surface area (Å²) in [5, 5.41) is 4.60. The maximum atomic E-state index is 14.0. The Morgan fingerprint density at radius 2 is 1.87 bits per heavy atom. The first-order chi connectivity index (χ1) is 21.4. The minimum absolute atomic E-state index is 0.0187. The summed E-state index contributed by atoms with van der Waals surface area (Å²) in [6.45, 7) is 0.247. The molecule has 1 aromatic heterocycles. The zero-order valence-electron chi connectivity index (χ0n) is 24.6. The highest BCUT2D eigenvalue weighted by Crippen LogP contribution is 2.49. The second-order valence-electron chi connectivity index (χ2n) is 9.29. The number of rotatable bonds is 17. The molecule has 2 N–H and O–H groups in total. The van der Waals surface area contributed by atoms with E-state index in [1.807, 2.05) is 0 Å². The number of carbonyl (C=O) groups is 2. The van der Waals surface area contributed by atoms with Crippen molar-refractivity contribution in [2.24, 2.45) is 0 Å². The van der Waals surface area contributed by atoms with Crippen LogP contribution in [0.5, 0.6) is 0 Å².